The van der Waals surface area contributed by atoms with Gasteiger partial charge in [-0.05, 0) is 13.8 Å². The molecule has 15 heavy (non-hydrogen) atoms. The number of ether oxygens (including phenoxy) is 1. The molecule has 0 amide bonds. The van der Waals surface area contributed by atoms with Gasteiger partial charge in [0, 0.05) is 0 Å². The average Bonchev–Trinajstić information content (AvgIpc) is 2.00. The molecule has 0 aromatic heterocycles. The monoisotopic (exact) mass is 224 g/mol. The molecule has 0 radical (unpaired) electrons. The van der Waals surface area contributed by atoms with Crippen LogP contribution >= 0.6 is 0 Å². The van der Waals surface area contributed by atoms with E-state index in [1.54, 1.807) is 0 Å². The van der Waals surface area contributed by atoms with Crippen LogP contribution in [-0.4, -0.2) is 35.6 Å². The van der Waals surface area contributed by atoms with Gasteiger partial charge < -0.3 is 14.4 Å². The van der Waals surface area contributed by atoms with Gasteiger partial charge in [-0.2, -0.15) is 0 Å². The molecule has 0 heterocycles. The summed E-state index contributed by atoms with van der Waals surface area (Å²) in [6, 6.07) is 0. The highest BCUT2D eigenvalue weighted by Crippen LogP contribution is 1.96. The Labute approximate surface area is 85.1 Å². The lowest BCUT2D eigenvalue weighted by molar-refractivity contribution is -0.770. The van der Waals surface area contributed by atoms with Crippen molar-refractivity contribution in [3.63, 3.8) is 0 Å². The van der Waals surface area contributed by atoms with Crippen LogP contribution in [0.25, 0.3) is 0 Å². The molecule has 0 spiro atoms. The highest BCUT2D eigenvalue weighted by Gasteiger charge is 2.10. The summed E-state index contributed by atoms with van der Waals surface area (Å²) in [5.74, 6) is 0. The van der Waals surface area contributed by atoms with Crippen molar-refractivity contribution in [1.29, 1.82) is 0 Å². The summed E-state index contributed by atoms with van der Waals surface area (Å²) >= 11 is 0. The molecule has 0 saturated heterocycles. The molecule has 0 aromatic rings. The van der Waals surface area contributed by atoms with Crippen LogP contribution in [-0.2, 0) is 14.4 Å². The second-order valence-corrected chi connectivity index (χ2v) is 2.82. The zero-order chi connectivity index (χ0) is 11.8. The van der Waals surface area contributed by atoms with Gasteiger partial charge >= 0.3 is 0 Å². The number of nitrogens with zero attached hydrogens (tertiary/aromatic N) is 2. The van der Waals surface area contributed by atoms with E-state index in [1.807, 2.05) is 0 Å². The molecule has 0 N–H and O–H groups in total. The first-order valence-electron chi connectivity index (χ1n) is 4.12. The van der Waals surface area contributed by atoms with Crippen molar-refractivity contribution < 1.29 is 24.6 Å². The molecule has 0 saturated carbocycles. The molecule has 0 fully saturated rings. The smallest absolute Gasteiger partial charge is 0.294 e. The fourth-order valence-corrected chi connectivity index (χ4v) is 0.755. The molecule has 0 aliphatic carbocycles. The van der Waals surface area contributed by atoms with E-state index in [0.717, 1.165) is 0 Å². The van der Waals surface area contributed by atoms with Crippen LogP contribution < -0.4 is 0 Å². The first-order chi connectivity index (χ1) is 6.91. The number of hydrogen-bond acceptors (Lipinski definition) is 7. The first-order valence-corrected chi connectivity index (χ1v) is 4.12. The molecule has 2 atom stereocenters. The number of rotatable bonds is 8. The largest absolute Gasteiger partial charge is 0.377 e. The molecule has 9 nitrogen and oxygen atoms in total. The van der Waals surface area contributed by atoms with E-state index in [4.69, 9.17) is 4.74 Å². The van der Waals surface area contributed by atoms with Gasteiger partial charge in [0.1, 0.15) is 12.2 Å². The van der Waals surface area contributed by atoms with Gasteiger partial charge in [0.2, 0.25) is 0 Å². The van der Waals surface area contributed by atoms with Gasteiger partial charge in [0.15, 0.2) is 0 Å². The molecule has 88 valence electrons. The van der Waals surface area contributed by atoms with Crippen molar-refractivity contribution in [1.82, 2.24) is 0 Å². The van der Waals surface area contributed by atoms with E-state index >= 15 is 0 Å². The lowest BCUT2D eigenvalue weighted by Gasteiger charge is -2.12. The Kier molecular flexibility index (Phi) is 6.02. The van der Waals surface area contributed by atoms with E-state index in [9.17, 15) is 20.2 Å². The van der Waals surface area contributed by atoms with Crippen molar-refractivity contribution >= 4 is 0 Å². The summed E-state index contributed by atoms with van der Waals surface area (Å²) < 4.78 is 4.90. The van der Waals surface area contributed by atoms with Gasteiger partial charge in [0.05, 0.1) is 13.2 Å². The summed E-state index contributed by atoms with van der Waals surface area (Å²) in [5.41, 5.74) is 0. The molecule has 9 heteroatoms. The summed E-state index contributed by atoms with van der Waals surface area (Å²) in [6.07, 6.45) is -1.44. The van der Waals surface area contributed by atoms with Crippen LogP contribution in [0, 0.1) is 20.2 Å². The average molecular weight is 224 g/mol. The molecular weight excluding hydrogens is 212 g/mol. The molecule has 0 aliphatic rings. The minimum absolute atomic E-state index is 0.0353. The third kappa shape index (κ3) is 8.68. The standard InChI is InChI=1S/C6H12N2O7/c1-5(14-7(9)10)3-13-4-6(2)15-8(11)12/h5-6H,3-4H2,1-2H3. The van der Waals surface area contributed by atoms with Crippen LogP contribution in [0.3, 0.4) is 0 Å². The van der Waals surface area contributed by atoms with Crippen LogP contribution in [0.1, 0.15) is 13.8 Å². The predicted octanol–water partition coefficient (Wildman–Crippen LogP) is 0.197. The normalized spacial score (nSPS) is 14.0. The Balaban J connectivity index is 3.52. The van der Waals surface area contributed by atoms with Gasteiger partial charge in [-0.1, -0.05) is 0 Å². The first kappa shape index (κ1) is 13.4. The van der Waals surface area contributed by atoms with E-state index in [-0.39, 0.29) is 13.2 Å². The van der Waals surface area contributed by atoms with Crippen molar-refractivity contribution in [2.75, 3.05) is 13.2 Å². The molecule has 2 unspecified atom stereocenters. The molecule has 0 bridgehead atoms. The summed E-state index contributed by atoms with van der Waals surface area (Å²) in [6.45, 7) is 2.82. The highest BCUT2D eigenvalue weighted by atomic mass is 17.0. The second kappa shape index (κ2) is 6.76. The van der Waals surface area contributed by atoms with Gasteiger partial charge in [-0.15, -0.1) is 20.2 Å². The van der Waals surface area contributed by atoms with E-state index in [0.29, 0.717) is 0 Å². The molecular formula is C6H12N2O7. The highest BCUT2D eigenvalue weighted by molar-refractivity contribution is 4.47. The second-order valence-electron chi connectivity index (χ2n) is 2.82. The van der Waals surface area contributed by atoms with E-state index < -0.39 is 22.4 Å². The van der Waals surface area contributed by atoms with E-state index in [2.05, 4.69) is 9.68 Å². The number of hydrogen-bond donors (Lipinski definition) is 0. The van der Waals surface area contributed by atoms with Crippen LogP contribution in [0.2, 0.25) is 0 Å². The maximum Gasteiger partial charge on any atom is 0.294 e. The van der Waals surface area contributed by atoms with Crippen molar-refractivity contribution in [3.8, 4) is 0 Å². The quantitative estimate of drug-likeness (QED) is 0.427. The topological polar surface area (TPSA) is 114 Å². The summed E-state index contributed by atoms with van der Waals surface area (Å²) in [5, 5.41) is 17.9. The lowest BCUT2D eigenvalue weighted by Crippen LogP contribution is -2.24. The Bertz CT molecular complexity index is 200. The molecule has 0 rings (SSSR count). The van der Waals surface area contributed by atoms with Crippen LogP contribution in [0.15, 0.2) is 0 Å². The van der Waals surface area contributed by atoms with Crippen molar-refractivity contribution in [2.24, 2.45) is 0 Å². The maximum absolute atomic E-state index is 9.87. The third-order valence-electron chi connectivity index (χ3n) is 1.24. The predicted molar refractivity (Wildman–Crippen MR) is 45.9 cm³/mol. The fourth-order valence-electron chi connectivity index (χ4n) is 0.755. The van der Waals surface area contributed by atoms with Gasteiger partial charge in [-0.3, -0.25) is 0 Å². The molecule has 0 aromatic carbocycles. The van der Waals surface area contributed by atoms with Gasteiger partial charge in [0.25, 0.3) is 10.2 Å². The summed E-state index contributed by atoms with van der Waals surface area (Å²) in [4.78, 5) is 28.0. The SMILES string of the molecule is CC(COCC(C)O[N+](=O)[O-])O[N+](=O)[O-]. The van der Waals surface area contributed by atoms with E-state index in [1.165, 1.54) is 13.8 Å². The Morgan fingerprint density at radius 2 is 1.33 bits per heavy atom. The Morgan fingerprint density at radius 1 is 1.00 bits per heavy atom. The van der Waals surface area contributed by atoms with Crippen molar-refractivity contribution in [2.45, 2.75) is 26.1 Å². The third-order valence-corrected chi connectivity index (χ3v) is 1.24. The molecule has 0 aliphatic heterocycles. The maximum atomic E-state index is 9.87. The van der Waals surface area contributed by atoms with Crippen molar-refractivity contribution in [3.05, 3.63) is 20.2 Å². The summed E-state index contributed by atoms with van der Waals surface area (Å²) in [7, 11) is 0. The zero-order valence-electron chi connectivity index (χ0n) is 8.32. The minimum atomic E-state index is -0.926. The fraction of sp³-hybridized carbons (Fsp3) is 1.00. The Morgan fingerprint density at radius 3 is 1.60 bits per heavy atom. The lowest BCUT2D eigenvalue weighted by atomic mass is 10.4. The zero-order valence-corrected chi connectivity index (χ0v) is 8.32. The van der Waals surface area contributed by atoms with Crippen LogP contribution in [0.4, 0.5) is 0 Å². The van der Waals surface area contributed by atoms with Gasteiger partial charge in [-0.25, -0.2) is 0 Å². The minimum Gasteiger partial charge on any atom is -0.377 e. The Hall–Kier alpha value is -1.64. The van der Waals surface area contributed by atoms with Crippen LogP contribution in [0.5, 0.6) is 0 Å².